The summed E-state index contributed by atoms with van der Waals surface area (Å²) in [5.41, 5.74) is -0.662. The molecule has 74 valence electrons. The highest BCUT2D eigenvalue weighted by atomic mass is 16.2. The molecule has 0 atom stereocenters. The number of carbonyl (C=O) groups is 1. The molecule has 1 N–H and O–H groups in total. The number of nitriles is 1. The maximum atomic E-state index is 11.2. The Morgan fingerprint density at radius 2 is 1.92 bits per heavy atom. The molecule has 13 heavy (non-hydrogen) atoms. The minimum absolute atomic E-state index is 0.102. The van der Waals surface area contributed by atoms with Gasteiger partial charge in [0.15, 0.2) is 0 Å². The number of hydrogen-bond donors (Lipinski definition) is 1. The second kappa shape index (κ2) is 4.86. The van der Waals surface area contributed by atoms with E-state index in [-0.39, 0.29) is 11.9 Å². The van der Waals surface area contributed by atoms with Gasteiger partial charge in [-0.15, -0.1) is 0 Å². The Hall–Kier alpha value is -1.04. The molecule has 1 amide bonds. The van der Waals surface area contributed by atoms with Crippen molar-refractivity contribution >= 4 is 5.91 Å². The summed E-state index contributed by atoms with van der Waals surface area (Å²) in [4.78, 5) is 11.2. The number of amides is 1. The van der Waals surface area contributed by atoms with Crippen LogP contribution in [0.4, 0.5) is 0 Å². The van der Waals surface area contributed by atoms with Crippen LogP contribution >= 0.6 is 0 Å². The lowest BCUT2D eigenvalue weighted by atomic mass is 10.1. The molecular weight excluding hydrogens is 164 g/mol. The minimum atomic E-state index is -0.662. The molecule has 0 heterocycles. The molecule has 1 aliphatic rings. The molecule has 3 nitrogen and oxygen atoms in total. The molecule has 0 aliphatic heterocycles. The number of nitrogens with one attached hydrogen (secondary N) is 1. The maximum Gasteiger partial charge on any atom is 0.240 e. The second-order valence-corrected chi connectivity index (χ2v) is 3.32. The molecule has 0 aromatic heterocycles. The van der Waals surface area contributed by atoms with Crippen molar-refractivity contribution in [3.63, 3.8) is 0 Å². The highest BCUT2D eigenvalue weighted by Crippen LogP contribution is 2.44. The fourth-order valence-corrected chi connectivity index (χ4v) is 0.915. The van der Waals surface area contributed by atoms with E-state index in [2.05, 4.69) is 5.32 Å². The zero-order valence-corrected chi connectivity index (χ0v) is 8.85. The van der Waals surface area contributed by atoms with E-state index in [1.165, 1.54) is 0 Å². The van der Waals surface area contributed by atoms with Gasteiger partial charge < -0.3 is 5.32 Å². The largest absolute Gasteiger partial charge is 0.353 e. The zero-order valence-electron chi connectivity index (χ0n) is 8.85. The number of rotatable bonds is 2. The maximum absolute atomic E-state index is 11.2. The predicted octanol–water partition coefficient (Wildman–Crippen LogP) is 1.84. The van der Waals surface area contributed by atoms with Crippen LogP contribution in [0.2, 0.25) is 0 Å². The van der Waals surface area contributed by atoms with Crippen LogP contribution in [0.3, 0.4) is 0 Å². The average Bonchev–Trinajstić information content (AvgIpc) is 2.87. The first-order valence-electron chi connectivity index (χ1n) is 4.83. The first-order chi connectivity index (χ1) is 6.10. The smallest absolute Gasteiger partial charge is 0.240 e. The van der Waals surface area contributed by atoms with Gasteiger partial charge in [0.2, 0.25) is 5.91 Å². The van der Waals surface area contributed by atoms with Crippen molar-refractivity contribution in [2.45, 2.75) is 46.6 Å². The van der Waals surface area contributed by atoms with Gasteiger partial charge in [0.05, 0.1) is 6.07 Å². The molecule has 0 spiro atoms. The molecule has 1 rings (SSSR count). The third-order valence-electron chi connectivity index (χ3n) is 1.82. The molecule has 0 aromatic carbocycles. The van der Waals surface area contributed by atoms with Crippen molar-refractivity contribution in [1.82, 2.24) is 5.32 Å². The Kier molecular flexibility index (Phi) is 4.47. The molecule has 0 bridgehead atoms. The highest BCUT2D eigenvalue weighted by molar-refractivity contribution is 5.88. The molecule has 0 radical (unpaired) electrons. The topological polar surface area (TPSA) is 52.9 Å². The van der Waals surface area contributed by atoms with E-state index in [4.69, 9.17) is 5.26 Å². The van der Waals surface area contributed by atoms with E-state index in [0.29, 0.717) is 0 Å². The van der Waals surface area contributed by atoms with Crippen LogP contribution in [0.5, 0.6) is 0 Å². The lowest BCUT2D eigenvalue weighted by Gasteiger charge is -2.10. The number of nitrogens with zero attached hydrogens (tertiary/aromatic N) is 1. The first kappa shape index (κ1) is 12.0. The molecule has 0 unspecified atom stereocenters. The van der Waals surface area contributed by atoms with E-state index in [0.717, 1.165) is 12.8 Å². The highest BCUT2D eigenvalue weighted by Gasteiger charge is 2.50. The summed E-state index contributed by atoms with van der Waals surface area (Å²) >= 11 is 0. The summed E-state index contributed by atoms with van der Waals surface area (Å²) in [6, 6.07) is 2.18. The van der Waals surface area contributed by atoms with Crippen LogP contribution in [0.15, 0.2) is 0 Å². The van der Waals surface area contributed by atoms with Gasteiger partial charge in [-0.1, -0.05) is 13.8 Å². The number of carbonyl (C=O) groups excluding carboxylic acids is 1. The fraction of sp³-hybridized carbons (Fsp3) is 0.800. The predicted molar refractivity (Wildman–Crippen MR) is 51.9 cm³/mol. The van der Waals surface area contributed by atoms with Gasteiger partial charge in [-0.05, 0) is 26.7 Å². The lowest BCUT2D eigenvalue weighted by Crippen LogP contribution is -2.36. The van der Waals surface area contributed by atoms with Crippen molar-refractivity contribution in [2.24, 2.45) is 5.41 Å². The Morgan fingerprint density at radius 3 is 2.15 bits per heavy atom. The summed E-state index contributed by atoms with van der Waals surface area (Å²) in [7, 11) is 0. The number of hydrogen-bond acceptors (Lipinski definition) is 2. The normalized spacial score (nSPS) is 16.6. The van der Waals surface area contributed by atoms with Gasteiger partial charge in [-0.3, -0.25) is 4.79 Å². The Labute approximate surface area is 80.1 Å². The van der Waals surface area contributed by atoms with E-state index in [1.54, 1.807) is 0 Å². The van der Waals surface area contributed by atoms with Crippen molar-refractivity contribution < 1.29 is 4.79 Å². The van der Waals surface area contributed by atoms with E-state index in [9.17, 15) is 4.79 Å². The summed E-state index contributed by atoms with van der Waals surface area (Å²) in [6.45, 7) is 7.79. The Balaban J connectivity index is 0.000000671. The fourth-order valence-electron chi connectivity index (χ4n) is 0.915. The lowest BCUT2D eigenvalue weighted by molar-refractivity contribution is -0.124. The molecule has 3 heteroatoms. The molecular formula is C10H18N2O. The van der Waals surface area contributed by atoms with Gasteiger partial charge >= 0.3 is 0 Å². The summed E-state index contributed by atoms with van der Waals surface area (Å²) in [5.74, 6) is -0.102. The Bertz CT molecular complexity index is 211. The quantitative estimate of drug-likeness (QED) is 0.708. The zero-order chi connectivity index (χ0) is 10.5. The molecule has 1 aliphatic carbocycles. The van der Waals surface area contributed by atoms with Crippen molar-refractivity contribution in [3.05, 3.63) is 0 Å². The van der Waals surface area contributed by atoms with Gasteiger partial charge in [0.1, 0.15) is 5.41 Å². The van der Waals surface area contributed by atoms with E-state index in [1.807, 2.05) is 33.8 Å². The van der Waals surface area contributed by atoms with Gasteiger partial charge in [0, 0.05) is 6.04 Å². The van der Waals surface area contributed by atoms with Crippen molar-refractivity contribution in [2.75, 3.05) is 0 Å². The van der Waals surface area contributed by atoms with Crippen LogP contribution in [0, 0.1) is 16.7 Å². The van der Waals surface area contributed by atoms with Crippen LogP contribution < -0.4 is 5.32 Å². The van der Waals surface area contributed by atoms with Crippen molar-refractivity contribution in [1.29, 1.82) is 5.26 Å². The third-order valence-corrected chi connectivity index (χ3v) is 1.82. The summed E-state index contributed by atoms with van der Waals surface area (Å²) in [5, 5.41) is 11.4. The molecule has 1 saturated carbocycles. The van der Waals surface area contributed by atoms with Gasteiger partial charge in [0.25, 0.3) is 0 Å². The van der Waals surface area contributed by atoms with E-state index < -0.39 is 5.41 Å². The first-order valence-corrected chi connectivity index (χ1v) is 4.83. The van der Waals surface area contributed by atoms with Gasteiger partial charge in [-0.2, -0.15) is 5.26 Å². The molecule has 0 aromatic rings. The monoisotopic (exact) mass is 182 g/mol. The minimum Gasteiger partial charge on any atom is -0.353 e. The van der Waals surface area contributed by atoms with Crippen LogP contribution in [-0.4, -0.2) is 11.9 Å². The summed E-state index contributed by atoms with van der Waals surface area (Å²) in [6.07, 6.45) is 1.45. The van der Waals surface area contributed by atoms with Crippen LogP contribution in [0.1, 0.15) is 40.5 Å². The molecule has 0 saturated heterocycles. The van der Waals surface area contributed by atoms with E-state index >= 15 is 0 Å². The van der Waals surface area contributed by atoms with Crippen LogP contribution in [-0.2, 0) is 4.79 Å². The van der Waals surface area contributed by atoms with Gasteiger partial charge in [-0.25, -0.2) is 0 Å². The SMILES string of the molecule is CC.CC(C)NC(=O)C1(C#N)CC1. The second-order valence-electron chi connectivity index (χ2n) is 3.32. The summed E-state index contributed by atoms with van der Waals surface area (Å²) < 4.78 is 0. The van der Waals surface area contributed by atoms with Crippen LogP contribution in [0.25, 0.3) is 0 Å². The average molecular weight is 182 g/mol. The Morgan fingerprint density at radius 1 is 1.46 bits per heavy atom. The molecule has 1 fully saturated rings. The third kappa shape index (κ3) is 3.06. The standard InChI is InChI=1S/C8H12N2O.C2H6/c1-6(2)10-7(11)8(5-9)3-4-8;1-2/h6H,3-4H2,1-2H3,(H,10,11);1-2H3. The van der Waals surface area contributed by atoms with Crippen molar-refractivity contribution in [3.8, 4) is 6.07 Å².